The van der Waals surface area contributed by atoms with Crippen molar-refractivity contribution in [3.05, 3.63) is 54.1 Å². The molecule has 0 bridgehead atoms. The van der Waals surface area contributed by atoms with Crippen LogP contribution in [0.1, 0.15) is 18.5 Å². The molecule has 1 N–H and O–H groups in total. The maximum atomic E-state index is 12.5. The fraction of sp³-hybridized carbons (Fsp3) is 0.222. The van der Waals surface area contributed by atoms with Gasteiger partial charge in [-0.05, 0) is 36.8 Å². The summed E-state index contributed by atoms with van der Waals surface area (Å²) >= 11 is 1.42. The van der Waals surface area contributed by atoms with E-state index in [9.17, 15) is 13.2 Å². The van der Waals surface area contributed by atoms with Crippen molar-refractivity contribution in [2.24, 2.45) is 0 Å². The van der Waals surface area contributed by atoms with Gasteiger partial charge >= 0.3 is 6.03 Å². The van der Waals surface area contributed by atoms with Crippen LogP contribution >= 0.6 is 11.3 Å². The highest BCUT2D eigenvalue weighted by Crippen LogP contribution is 2.27. The standard InChI is InChI=1S/C18H19N3O3S2/c1-12(13-8-10-14(11-9-13)26(3,23)24)21(2)18(22)20-17-19-15-6-4-5-7-16(15)25-17/h4-12H,1-3H3,(H,19,20,22). The molecule has 0 fully saturated rings. The molecule has 0 saturated carbocycles. The van der Waals surface area contributed by atoms with Gasteiger partial charge in [-0.15, -0.1) is 0 Å². The number of nitrogens with one attached hydrogen (secondary N) is 1. The second-order valence-electron chi connectivity index (χ2n) is 6.04. The summed E-state index contributed by atoms with van der Waals surface area (Å²) in [7, 11) is -1.54. The number of aromatic nitrogens is 1. The van der Waals surface area contributed by atoms with Gasteiger partial charge in [-0.1, -0.05) is 35.6 Å². The Kier molecular flexibility index (Phi) is 4.97. The molecular weight excluding hydrogens is 370 g/mol. The SMILES string of the molecule is CC(c1ccc(S(C)(=O)=O)cc1)N(C)C(=O)Nc1nc2ccccc2s1. The number of urea groups is 1. The van der Waals surface area contributed by atoms with Crippen molar-refractivity contribution < 1.29 is 13.2 Å². The summed E-state index contributed by atoms with van der Waals surface area (Å²) in [6, 6.07) is 13.8. The third-order valence-corrected chi connectivity index (χ3v) is 6.28. The molecule has 1 aromatic heterocycles. The van der Waals surface area contributed by atoms with Gasteiger partial charge in [0.15, 0.2) is 15.0 Å². The van der Waals surface area contributed by atoms with Crippen LogP contribution in [-0.2, 0) is 9.84 Å². The zero-order chi connectivity index (χ0) is 18.9. The number of rotatable bonds is 4. The van der Waals surface area contributed by atoms with Gasteiger partial charge in [0.2, 0.25) is 0 Å². The normalized spacial score (nSPS) is 12.7. The first kappa shape index (κ1) is 18.3. The van der Waals surface area contributed by atoms with E-state index in [2.05, 4.69) is 10.3 Å². The lowest BCUT2D eigenvalue weighted by Crippen LogP contribution is -2.33. The van der Waals surface area contributed by atoms with Crippen LogP contribution < -0.4 is 5.32 Å². The number of hydrogen-bond acceptors (Lipinski definition) is 5. The third-order valence-electron chi connectivity index (χ3n) is 4.20. The number of carbonyl (C=O) groups excluding carboxylic acids is 1. The largest absolute Gasteiger partial charge is 0.323 e. The Morgan fingerprint density at radius 1 is 1.15 bits per heavy atom. The molecule has 26 heavy (non-hydrogen) atoms. The number of anilines is 1. The summed E-state index contributed by atoms with van der Waals surface area (Å²) in [5.41, 5.74) is 1.69. The highest BCUT2D eigenvalue weighted by molar-refractivity contribution is 7.90. The van der Waals surface area contributed by atoms with Crippen molar-refractivity contribution >= 4 is 42.6 Å². The molecule has 136 valence electrons. The van der Waals surface area contributed by atoms with Crippen LogP contribution in [0.2, 0.25) is 0 Å². The van der Waals surface area contributed by atoms with Gasteiger partial charge in [0.1, 0.15) is 0 Å². The van der Waals surface area contributed by atoms with Gasteiger partial charge in [0.25, 0.3) is 0 Å². The van der Waals surface area contributed by atoms with Crippen LogP contribution in [-0.4, -0.2) is 37.6 Å². The topological polar surface area (TPSA) is 79.4 Å². The first-order valence-electron chi connectivity index (χ1n) is 7.95. The molecular formula is C18H19N3O3S2. The van der Waals surface area contributed by atoms with Crippen LogP contribution in [0, 0.1) is 0 Å². The Balaban J connectivity index is 1.72. The zero-order valence-electron chi connectivity index (χ0n) is 14.6. The van der Waals surface area contributed by atoms with Crippen molar-refractivity contribution in [1.29, 1.82) is 0 Å². The number of hydrogen-bond donors (Lipinski definition) is 1. The van der Waals surface area contributed by atoms with Gasteiger partial charge in [-0.2, -0.15) is 0 Å². The van der Waals surface area contributed by atoms with Crippen LogP contribution in [0.25, 0.3) is 10.2 Å². The maximum absolute atomic E-state index is 12.5. The average molecular weight is 390 g/mol. The molecule has 3 aromatic rings. The molecule has 0 aliphatic heterocycles. The fourth-order valence-corrected chi connectivity index (χ4v) is 3.98. The van der Waals surface area contributed by atoms with Crippen molar-refractivity contribution in [1.82, 2.24) is 9.88 Å². The van der Waals surface area contributed by atoms with E-state index in [0.717, 1.165) is 15.8 Å². The minimum absolute atomic E-state index is 0.224. The van der Waals surface area contributed by atoms with Crippen LogP contribution in [0.5, 0.6) is 0 Å². The van der Waals surface area contributed by atoms with E-state index in [-0.39, 0.29) is 17.0 Å². The summed E-state index contributed by atoms with van der Waals surface area (Å²) < 4.78 is 24.1. The molecule has 2 amide bonds. The van der Waals surface area contributed by atoms with Gasteiger partial charge in [-0.25, -0.2) is 18.2 Å². The molecule has 0 saturated heterocycles. The molecule has 0 spiro atoms. The average Bonchev–Trinajstić information content (AvgIpc) is 3.02. The van der Waals surface area contributed by atoms with Gasteiger partial charge < -0.3 is 4.90 Å². The minimum Gasteiger partial charge on any atom is -0.321 e. The number of benzene rings is 2. The highest BCUT2D eigenvalue weighted by Gasteiger charge is 2.19. The lowest BCUT2D eigenvalue weighted by atomic mass is 10.1. The Morgan fingerprint density at radius 3 is 2.42 bits per heavy atom. The van der Waals surface area contributed by atoms with Crippen molar-refractivity contribution in [3.63, 3.8) is 0 Å². The molecule has 0 radical (unpaired) electrons. The van der Waals surface area contributed by atoms with Gasteiger partial charge in [0.05, 0.1) is 21.2 Å². The zero-order valence-corrected chi connectivity index (χ0v) is 16.3. The van der Waals surface area contributed by atoms with Gasteiger partial charge in [0, 0.05) is 13.3 Å². The Hall–Kier alpha value is -2.45. The molecule has 1 unspecified atom stereocenters. The first-order valence-corrected chi connectivity index (χ1v) is 10.7. The maximum Gasteiger partial charge on any atom is 0.323 e. The predicted octanol–water partition coefficient (Wildman–Crippen LogP) is 3.92. The molecule has 6 nitrogen and oxygen atoms in total. The van der Waals surface area contributed by atoms with Crippen molar-refractivity contribution in [2.45, 2.75) is 17.9 Å². The molecule has 1 atom stereocenters. The number of carbonyl (C=O) groups is 1. The third kappa shape index (κ3) is 3.86. The lowest BCUT2D eigenvalue weighted by Gasteiger charge is -2.25. The summed E-state index contributed by atoms with van der Waals surface area (Å²) in [6.07, 6.45) is 1.17. The quantitative estimate of drug-likeness (QED) is 0.733. The summed E-state index contributed by atoms with van der Waals surface area (Å²) in [5.74, 6) is 0. The van der Waals surface area contributed by atoms with Crippen LogP contribution in [0.3, 0.4) is 0 Å². The fourth-order valence-electron chi connectivity index (χ4n) is 2.50. The number of thiazole rings is 1. The van der Waals surface area contributed by atoms with E-state index in [1.807, 2.05) is 31.2 Å². The number of nitrogens with zero attached hydrogens (tertiary/aromatic N) is 2. The van der Waals surface area contributed by atoms with Crippen molar-refractivity contribution in [3.8, 4) is 0 Å². The van der Waals surface area contributed by atoms with Crippen LogP contribution in [0.15, 0.2) is 53.4 Å². The lowest BCUT2D eigenvalue weighted by molar-refractivity contribution is 0.208. The van der Waals surface area contributed by atoms with Crippen LogP contribution in [0.4, 0.5) is 9.93 Å². The molecule has 3 rings (SSSR count). The second kappa shape index (κ2) is 7.05. The predicted molar refractivity (Wildman–Crippen MR) is 104 cm³/mol. The summed E-state index contributed by atoms with van der Waals surface area (Å²) in [5, 5.41) is 3.36. The monoisotopic (exact) mass is 389 g/mol. The van der Waals surface area contributed by atoms with E-state index in [4.69, 9.17) is 0 Å². The summed E-state index contributed by atoms with van der Waals surface area (Å²) in [4.78, 5) is 18.7. The van der Waals surface area contributed by atoms with Gasteiger partial charge in [-0.3, -0.25) is 5.32 Å². The number of amides is 2. The van der Waals surface area contributed by atoms with E-state index in [1.165, 1.54) is 17.6 Å². The number of sulfone groups is 1. The van der Waals surface area contributed by atoms with E-state index < -0.39 is 9.84 Å². The molecule has 0 aliphatic carbocycles. The molecule has 0 aliphatic rings. The molecule has 8 heteroatoms. The second-order valence-corrected chi connectivity index (χ2v) is 9.09. The summed E-state index contributed by atoms with van der Waals surface area (Å²) in [6.45, 7) is 1.88. The highest BCUT2D eigenvalue weighted by atomic mass is 32.2. The molecule has 2 aromatic carbocycles. The number of fused-ring (bicyclic) bond motifs is 1. The van der Waals surface area contributed by atoms with Crippen molar-refractivity contribution in [2.75, 3.05) is 18.6 Å². The first-order chi connectivity index (χ1) is 12.3. The minimum atomic E-state index is -3.24. The Morgan fingerprint density at radius 2 is 1.81 bits per heavy atom. The molecule has 1 heterocycles. The Bertz CT molecular complexity index is 1010. The van der Waals surface area contributed by atoms with E-state index in [1.54, 1.807) is 36.2 Å². The Labute approximate surface area is 156 Å². The van der Waals surface area contributed by atoms with E-state index in [0.29, 0.717) is 5.13 Å². The smallest absolute Gasteiger partial charge is 0.321 e. The number of para-hydroxylation sites is 1. The van der Waals surface area contributed by atoms with E-state index >= 15 is 0 Å².